The number of nitrogens with one attached hydrogen (secondary N) is 1. The molecule has 3 aromatic rings. The van der Waals surface area contributed by atoms with Crippen molar-refractivity contribution >= 4 is 33.2 Å². The summed E-state index contributed by atoms with van der Waals surface area (Å²) >= 11 is 5.97. The summed E-state index contributed by atoms with van der Waals surface area (Å²) in [7, 11) is -1.61. The number of benzene rings is 2. The lowest BCUT2D eigenvalue weighted by molar-refractivity contribution is -0.118. The number of carbonyl (C=O) groups excluding carboxylic acids is 1. The lowest BCUT2D eigenvalue weighted by Gasteiger charge is -2.14. The number of rotatable bonds is 7. The highest BCUT2D eigenvalue weighted by atomic mass is 35.5. The summed E-state index contributed by atoms with van der Waals surface area (Å²) in [5, 5.41) is 7.98. The second-order valence-electron chi connectivity index (χ2n) is 7.41. The Labute approximate surface area is 191 Å². The lowest BCUT2D eigenvalue weighted by Crippen LogP contribution is -2.24. The zero-order chi connectivity index (χ0) is 22.7. The van der Waals surface area contributed by atoms with Crippen molar-refractivity contribution in [1.82, 2.24) is 9.78 Å². The summed E-state index contributed by atoms with van der Waals surface area (Å²) in [6.07, 6.45) is 0.435. The third-order valence-electron chi connectivity index (χ3n) is 5.13. The number of methoxy groups -OCH3 is 1. The first kappa shape index (κ1) is 22.2. The largest absolute Gasteiger partial charge is 0.493 e. The highest BCUT2D eigenvalue weighted by Gasteiger charge is 2.31. The number of para-hydroxylation sites is 2. The molecule has 0 saturated carbocycles. The summed E-state index contributed by atoms with van der Waals surface area (Å²) in [5.41, 5.74) is 1.40. The quantitative estimate of drug-likeness (QED) is 0.560. The topological polar surface area (TPSA) is 99.5 Å². The summed E-state index contributed by atoms with van der Waals surface area (Å²) in [6, 6.07) is 15.5. The van der Waals surface area contributed by atoms with Gasteiger partial charge < -0.3 is 14.8 Å². The third kappa shape index (κ3) is 5.05. The van der Waals surface area contributed by atoms with Gasteiger partial charge in [0.05, 0.1) is 30.4 Å². The maximum atomic E-state index is 12.6. The van der Waals surface area contributed by atoms with Crippen LogP contribution in [-0.4, -0.2) is 49.3 Å². The Bertz CT molecular complexity index is 1220. The fraction of sp³-hybridized carbons (Fsp3) is 0.273. The number of anilines is 1. The van der Waals surface area contributed by atoms with E-state index >= 15 is 0 Å². The Balaban J connectivity index is 1.55. The van der Waals surface area contributed by atoms with Crippen LogP contribution in [0.4, 0.5) is 5.82 Å². The van der Waals surface area contributed by atoms with Crippen LogP contribution in [0.5, 0.6) is 11.5 Å². The van der Waals surface area contributed by atoms with Crippen molar-refractivity contribution in [3.8, 4) is 22.8 Å². The number of halogens is 1. The Kier molecular flexibility index (Phi) is 6.38. The minimum Gasteiger partial charge on any atom is -0.493 e. The molecule has 4 rings (SSSR count). The highest BCUT2D eigenvalue weighted by molar-refractivity contribution is 7.91. The minimum atomic E-state index is -3.13. The molecule has 1 atom stereocenters. The van der Waals surface area contributed by atoms with Gasteiger partial charge in [0.1, 0.15) is 5.82 Å². The van der Waals surface area contributed by atoms with Crippen LogP contribution in [0, 0.1) is 0 Å². The highest BCUT2D eigenvalue weighted by Crippen LogP contribution is 2.31. The van der Waals surface area contributed by atoms with Gasteiger partial charge in [0, 0.05) is 16.7 Å². The van der Waals surface area contributed by atoms with E-state index < -0.39 is 15.7 Å². The van der Waals surface area contributed by atoms with Crippen LogP contribution in [0.1, 0.15) is 12.5 Å². The van der Waals surface area contributed by atoms with Gasteiger partial charge in [0.2, 0.25) is 0 Å². The van der Waals surface area contributed by atoms with Crippen LogP contribution >= 0.6 is 11.6 Å². The Morgan fingerprint density at radius 3 is 2.56 bits per heavy atom. The normalized spacial score (nSPS) is 17.1. The van der Waals surface area contributed by atoms with Gasteiger partial charge in [-0.1, -0.05) is 35.9 Å². The number of nitrogens with zero attached hydrogens (tertiary/aromatic N) is 2. The Morgan fingerprint density at radius 1 is 1.19 bits per heavy atom. The van der Waals surface area contributed by atoms with Crippen molar-refractivity contribution < 1.29 is 22.7 Å². The molecule has 8 nitrogen and oxygen atoms in total. The van der Waals surface area contributed by atoms with E-state index in [1.54, 1.807) is 47.1 Å². The first-order valence-corrected chi connectivity index (χ1v) is 12.2. The average molecular weight is 476 g/mol. The van der Waals surface area contributed by atoms with E-state index in [0.717, 1.165) is 5.56 Å². The Hall–Kier alpha value is -3.04. The summed E-state index contributed by atoms with van der Waals surface area (Å²) < 4.78 is 36.4. The van der Waals surface area contributed by atoms with E-state index in [-0.39, 0.29) is 24.2 Å². The molecule has 1 fully saturated rings. The molecule has 1 amide bonds. The van der Waals surface area contributed by atoms with Crippen LogP contribution in [-0.2, 0) is 14.6 Å². The van der Waals surface area contributed by atoms with E-state index in [1.165, 1.54) is 7.11 Å². The second-order valence-corrected chi connectivity index (χ2v) is 10.1. The van der Waals surface area contributed by atoms with Gasteiger partial charge in [0.15, 0.2) is 27.9 Å². The van der Waals surface area contributed by atoms with E-state index in [1.807, 2.05) is 12.1 Å². The molecule has 1 aliphatic rings. The number of amides is 1. The van der Waals surface area contributed by atoms with Crippen molar-refractivity contribution in [1.29, 1.82) is 0 Å². The fourth-order valence-electron chi connectivity index (χ4n) is 3.56. The molecular weight excluding hydrogens is 454 g/mol. The molecule has 0 bridgehead atoms. The second kappa shape index (κ2) is 9.22. The van der Waals surface area contributed by atoms with Gasteiger partial charge in [-0.2, -0.15) is 5.10 Å². The molecule has 1 aliphatic heterocycles. The summed E-state index contributed by atoms with van der Waals surface area (Å²) in [6.45, 7) is -0.245. The summed E-state index contributed by atoms with van der Waals surface area (Å²) in [5.74, 6) is 1.05. The third-order valence-corrected chi connectivity index (χ3v) is 7.13. The van der Waals surface area contributed by atoms with Crippen molar-refractivity contribution in [2.24, 2.45) is 0 Å². The monoisotopic (exact) mass is 475 g/mol. The number of ether oxygens (including phenoxy) is 2. The molecule has 0 unspecified atom stereocenters. The van der Waals surface area contributed by atoms with Gasteiger partial charge in [-0.3, -0.25) is 4.79 Å². The molecule has 32 heavy (non-hydrogen) atoms. The zero-order valence-corrected chi connectivity index (χ0v) is 18.9. The van der Waals surface area contributed by atoms with E-state index in [0.29, 0.717) is 34.5 Å². The Morgan fingerprint density at radius 2 is 1.91 bits per heavy atom. The number of aromatic nitrogens is 2. The molecule has 2 aromatic carbocycles. The molecule has 0 aliphatic carbocycles. The van der Waals surface area contributed by atoms with Crippen molar-refractivity contribution in [2.75, 3.05) is 30.5 Å². The van der Waals surface area contributed by atoms with Crippen LogP contribution in [0.2, 0.25) is 5.02 Å². The predicted molar refractivity (Wildman–Crippen MR) is 122 cm³/mol. The maximum Gasteiger partial charge on any atom is 0.263 e. The van der Waals surface area contributed by atoms with E-state index in [9.17, 15) is 13.2 Å². The van der Waals surface area contributed by atoms with Crippen LogP contribution in [0.25, 0.3) is 11.3 Å². The predicted octanol–water partition coefficient (Wildman–Crippen LogP) is 3.59. The van der Waals surface area contributed by atoms with Gasteiger partial charge in [0.25, 0.3) is 5.91 Å². The maximum absolute atomic E-state index is 12.6. The lowest BCUT2D eigenvalue weighted by atomic mass is 10.1. The van der Waals surface area contributed by atoms with Crippen molar-refractivity contribution in [3.63, 3.8) is 0 Å². The molecule has 168 valence electrons. The number of carbonyl (C=O) groups is 1. The molecule has 0 spiro atoms. The van der Waals surface area contributed by atoms with Crippen LogP contribution in [0.15, 0.2) is 54.6 Å². The SMILES string of the molecule is COc1ccccc1OCC(=O)Nc1cc(-c2ccc(Cl)cc2)nn1[C@H]1CCS(=O)(=O)C1. The zero-order valence-electron chi connectivity index (χ0n) is 17.3. The molecule has 1 N–H and O–H groups in total. The van der Waals surface area contributed by atoms with Crippen LogP contribution in [0.3, 0.4) is 0 Å². The van der Waals surface area contributed by atoms with Crippen molar-refractivity contribution in [3.05, 3.63) is 59.6 Å². The number of sulfone groups is 1. The number of hydrogen-bond acceptors (Lipinski definition) is 6. The van der Waals surface area contributed by atoms with Crippen LogP contribution < -0.4 is 14.8 Å². The first-order valence-electron chi connectivity index (χ1n) is 9.96. The average Bonchev–Trinajstić information content (AvgIpc) is 3.35. The fourth-order valence-corrected chi connectivity index (χ4v) is 5.37. The van der Waals surface area contributed by atoms with Gasteiger partial charge in [-0.05, 0) is 30.7 Å². The molecule has 2 heterocycles. The molecule has 0 radical (unpaired) electrons. The van der Waals surface area contributed by atoms with Gasteiger partial charge >= 0.3 is 0 Å². The minimum absolute atomic E-state index is 0.0185. The summed E-state index contributed by atoms with van der Waals surface area (Å²) in [4.78, 5) is 12.6. The van der Waals surface area contributed by atoms with Gasteiger partial charge in [-0.15, -0.1) is 0 Å². The van der Waals surface area contributed by atoms with E-state index in [4.69, 9.17) is 21.1 Å². The standard InChI is InChI=1S/C22H22ClN3O5S/c1-30-19-4-2-3-5-20(19)31-13-22(27)24-21-12-18(15-6-8-16(23)9-7-15)25-26(21)17-10-11-32(28,29)14-17/h2-9,12,17H,10-11,13-14H2,1H3,(H,24,27)/t17-/m0/s1. The molecular formula is C22H22ClN3O5S. The van der Waals surface area contributed by atoms with E-state index in [2.05, 4.69) is 10.4 Å². The smallest absolute Gasteiger partial charge is 0.263 e. The molecule has 1 aromatic heterocycles. The molecule has 1 saturated heterocycles. The van der Waals surface area contributed by atoms with Crippen molar-refractivity contribution in [2.45, 2.75) is 12.5 Å². The number of hydrogen-bond donors (Lipinski definition) is 1. The van der Waals surface area contributed by atoms with Gasteiger partial charge in [-0.25, -0.2) is 13.1 Å². The molecule has 10 heteroatoms. The first-order chi connectivity index (χ1) is 15.3.